The molecule has 0 saturated carbocycles. The molecule has 2 N–H and O–H groups in total. The Balaban J connectivity index is 3.29. The highest BCUT2D eigenvalue weighted by molar-refractivity contribution is 9.10. The third-order valence-corrected chi connectivity index (χ3v) is 2.16. The van der Waals surface area contributed by atoms with Crippen molar-refractivity contribution in [2.24, 2.45) is 10.7 Å². The molecule has 0 aliphatic heterocycles. The van der Waals surface area contributed by atoms with E-state index >= 15 is 0 Å². The third kappa shape index (κ3) is 2.67. The monoisotopic (exact) mass is 264 g/mol. The van der Waals surface area contributed by atoms with Gasteiger partial charge in [-0.2, -0.15) is 0 Å². The van der Waals surface area contributed by atoms with Gasteiger partial charge in [0.1, 0.15) is 5.82 Å². The van der Waals surface area contributed by atoms with E-state index in [1.807, 2.05) is 0 Å². The summed E-state index contributed by atoms with van der Waals surface area (Å²) in [5.74, 6) is -0.0419. The molecule has 13 heavy (non-hydrogen) atoms. The van der Waals surface area contributed by atoms with E-state index in [-0.39, 0.29) is 5.02 Å². The van der Waals surface area contributed by atoms with Crippen LogP contribution in [0.15, 0.2) is 21.6 Å². The van der Waals surface area contributed by atoms with Crippen molar-refractivity contribution in [2.75, 3.05) is 0 Å². The van der Waals surface area contributed by atoms with Crippen molar-refractivity contribution >= 4 is 39.1 Å². The molecular formula is C8H7BrClFN2. The molecule has 0 spiro atoms. The third-order valence-electron chi connectivity index (χ3n) is 1.27. The predicted octanol–water partition coefficient (Wildman–Crippen LogP) is 3.25. The normalized spacial score (nSPS) is 11.8. The molecule has 70 valence electrons. The first-order chi connectivity index (χ1) is 6.00. The second kappa shape index (κ2) is 4.07. The van der Waals surface area contributed by atoms with Gasteiger partial charge in [0.25, 0.3) is 0 Å². The van der Waals surface area contributed by atoms with Crippen LogP contribution in [0.3, 0.4) is 0 Å². The lowest BCUT2D eigenvalue weighted by atomic mass is 10.3. The Kier molecular flexibility index (Phi) is 3.27. The molecule has 0 radical (unpaired) electrons. The zero-order chi connectivity index (χ0) is 10.0. The van der Waals surface area contributed by atoms with Crippen molar-refractivity contribution in [1.82, 2.24) is 0 Å². The molecule has 2 nitrogen and oxygen atoms in total. The Morgan fingerprint density at radius 3 is 2.69 bits per heavy atom. The molecule has 0 unspecified atom stereocenters. The van der Waals surface area contributed by atoms with E-state index in [4.69, 9.17) is 17.3 Å². The van der Waals surface area contributed by atoms with Crippen molar-refractivity contribution < 1.29 is 4.39 Å². The van der Waals surface area contributed by atoms with Crippen LogP contribution in [0.1, 0.15) is 6.92 Å². The van der Waals surface area contributed by atoms with Crippen molar-refractivity contribution in [2.45, 2.75) is 6.92 Å². The number of rotatable bonds is 1. The van der Waals surface area contributed by atoms with Gasteiger partial charge < -0.3 is 5.73 Å². The van der Waals surface area contributed by atoms with Gasteiger partial charge in [0, 0.05) is 4.47 Å². The van der Waals surface area contributed by atoms with E-state index < -0.39 is 5.82 Å². The summed E-state index contributed by atoms with van der Waals surface area (Å²) in [6.07, 6.45) is 0. The van der Waals surface area contributed by atoms with E-state index in [9.17, 15) is 4.39 Å². The lowest BCUT2D eigenvalue weighted by Gasteiger charge is -2.02. The number of hydrogen-bond donors (Lipinski definition) is 1. The van der Waals surface area contributed by atoms with Gasteiger partial charge in [-0.25, -0.2) is 9.38 Å². The highest BCUT2D eigenvalue weighted by atomic mass is 79.9. The van der Waals surface area contributed by atoms with Gasteiger partial charge in [-0.1, -0.05) is 11.6 Å². The summed E-state index contributed by atoms with van der Waals surface area (Å²) in [4.78, 5) is 3.95. The first-order valence-electron chi connectivity index (χ1n) is 3.46. The summed E-state index contributed by atoms with van der Waals surface area (Å²) in [7, 11) is 0. The van der Waals surface area contributed by atoms with E-state index in [1.165, 1.54) is 12.1 Å². The van der Waals surface area contributed by atoms with Gasteiger partial charge >= 0.3 is 0 Å². The zero-order valence-electron chi connectivity index (χ0n) is 6.81. The maximum atomic E-state index is 12.8. The second-order valence-electron chi connectivity index (χ2n) is 2.47. The second-order valence-corrected chi connectivity index (χ2v) is 3.73. The Morgan fingerprint density at radius 1 is 1.62 bits per heavy atom. The fourth-order valence-corrected chi connectivity index (χ4v) is 1.70. The molecular weight excluding hydrogens is 258 g/mol. The number of aliphatic imine (C=N–C) groups is 1. The van der Waals surface area contributed by atoms with Crippen molar-refractivity contribution in [3.63, 3.8) is 0 Å². The summed E-state index contributed by atoms with van der Waals surface area (Å²) in [5, 5.41) is 0.233. The lowest BCUT2D eigenvalue weighted by molar-refractivity contribution is 0.627. The van der Waals surface area contributed by atoms with Crippen LogP contribution in [0.4, 0.5) is 10.1 Å². The molecule has 0 aliphatic carbocycles. The highest BCUT2D eigenvalue weighted by Gasteiger charge is 2.06. The largest absolute Gasteiger partial charge is 0.387 e. The molecule has 0 fully saturated rings. The molecule has 0 aliphatic rings. The van der Waals surface area contributed by atoms with E-state index in [0.717, 1.165) is 0 Å². The lowest BCUT2D eigenvalue weighted by Crippen LogP contribution is -2.04. The molecule has 0 aromatic heterocycles. The minimum Gasteiger partial charge on any atom is -0.387 e. The fraction of sp³-hybridized carbons (Fsp3) is 0.125. The standard InChI is InChI=1S/C8H7BrClFN2/c1-4(12)13-8-6(9)2-5(11)3-7(8)10/h2-3H,1H3,(H2,12,13). The topological polar surface area (TPSA) is 38.4 Å². The van der Waals surface area contributed by atoms with Gasteiger partial charge in [-0.3, -0.25) is 0 Å². The average Bonchev–Trinajstić information content (AvgIpc) is 1.96. The first kappa shape index (κ1) is 10.5. The molecule has 0 heterocycles. The minimum atomic E-state index is -0.412. The van der Waals surface area contributed by atoms with Gasteiger partial charge in [0.2, 0.25) is 0 Å². The van der Waals surface area contributed by atoms with Crippen LogP contribution in [-0.2, 0) is 0 Å². The van der Waals surface area contributed by atoms with Crippen LogP contribution in [0.2, 0.25) is 5.02 Å². The fourth-order valence-electron chi connectivity index (χ4n) is 0.818. The number of nitrogens with two attached hydrogens (primary N) is 1. The van der Waals surface area contributed by atoms with E-state index in [1.54, 1.807) is 6.92 Å². The number of nitrogens with zero attached hydrogens (tertiary/aromatic N) is 1. The molecule has 0 saturated heterocycles. The van der Waals surface area contributed by atoms with Gasteiger partial charge in [0.15, 0.2) is 0 Å². The summed E-state index contributed by atoms with van der Waals surface area (Å²) in [6, 6.07) is 2.47. The van der Waals surface area contributed by atoms with Gasteiger partial charge in [-0.05, 0) is 35.0 Å². The van der Waals surface area contributed by atoms with Crippen LogP contribution in [0, 0.1) is 5.82 Å². The average molecular weight is 266 g/mol. The van der Waals surface area contributed by atoms with Crippen molar-refractivity contribution in [1.29, 1.82) is 0 Å². The number of halogens is 3. The number of amidine groups is 1. The van der Waals surface area contributed by atoms with E-state index in [2.05, 4.69) is 20.9 Å². The maximum absolute atomic E-state index is 12.8. The van der Waals surface area contributed by atoms with Crippen LogP contribution in [0.5, 0.6) is 0 Å². The molecule has 1 rings (SSSR count). The zero-order valence-corrected chi connectivity index (χ0v) is 9.16. The van der Waals surface area contributed by atoms with Crippen LogP contribution >= 0.6 is 27.5 Å². The molecule has 0 amide bonds. The number of hydrogen-bond acceptors (Lipinski definition) is 1. The van der Waals surface area contributed by atoms with Crippen molar-refractivity contribution in [3.8, 4) is 0 Å². The summed E-state index contributed by atoms with van der Waals surface area (Å²) < 4.78 is 13.2. The van der Waals surface area contributed by atoms with Crippen LogP contribution in [-0.4, -0.2) is 5.84 Å². The predicted molar refractivity (Wildman–Crippen MR) is 56.1 cm³/mol. The molecule has 0 atom stereocenters. The Bertz CT molecular complexity index is 338. The highest BCUT2D eigenvalue weighted by Crippen LogP contribution is 2.34. The van der Waals surface area contributed by atoms with Gasteiger partial charge in [0.05, 0.1) is 16.5 Å². The molecule has 1 aromatic carbocycles. The molecule has 0 bridgehead atoms. The first-order valence-corrected chi connectivity index (χ1v) is 4.63. The quantitative estimate of drug-likeness (QED) is 0.614. The van der Waals surface area contributed by atoms with Crippen molar-refractivity contribution in [3.05, 3.63) is 27.4 Å². The van der Waals surface area contributed by atoms with Crippen LogP contribution < -0.4 is 5.73 Å². The number of benzene rings is 1. The SMILES string of the molecule is CC(N)=Nc1c(Cl)cc(F)cc1Br. The molecule has 1 aromatic rings. The minimum absolute atomic E-state index is 0.233. The Hall–Kier alpha value is -0.610. The van der Waals surface area contributed by atoms with Gasteiger partial charge in [-0.15, -0.1) is 0 Å². The Labute approximate surface area is 88.7 Å². The smallest absolute Gasteiger partial charge is 0.125 e. The molecule has 5 heteroatoms. The summed E-state index contributed by atoms with van der Waals surface area (Å²) in [5.41, 5.74) is 5.82. The summed E-state index contributed by atoms with van der Waals surface area (Å²) in [6.45, 7) is 1.63. The maximum Gasteiger partial charge on any atom is 0.125 e. The summed E-state index contributed by atoms with van der Waals surface area (Å²) >= 11 is 8.89. The Morgan fingerprint density at radius 2 is 2.23 bits per heavy atom. The van der Waals surface area contributed by atoms with Crippen LogP contribution in [0.25, 0.3) is 0 Å². The van der Waals surface area contributed by atoms with E-state index in [0.29, 0.717) is 16.0 Å².